The van der Waals surface area contributed by atoms with Gasteiger partial charge in [0.2, 0.25) is 0 Å². The molecule has 1 amide bonds. The van der Waals surface area contributed by atoms with Crippen molar-refractivity contribution in [1.82, 2.24) is 10.3 Å². The summed E-state index contributed by atoms with van der Waals surface area (Å²) in [6.45, 7) is 1.07. The standard InChI is InChI=1S/C25H24N2O3/c1-29-24-10-6-5-9-22(24)25(28)26-14-13-19-16-27-23-15-20(11-12-21(19)23)30-17-18-7-3-2-4-8-18/h2-12,15-16,27H,13-14,17H2,1H3,(H,26,28). The first kappa shape index (κ1) is 19.6. The summed E-state index contributed by atoms with van der Waals surface area (Å²) in [5.41, 5.74) is 3.85. The minimum atomic E-state index is -0.135. The van der Waals surface area contributed by atoms with E-state index in [4.69, 9.17) is 9.47 Å². The molecule has 30 heavy (non-hydrogen) atoms. The number of H-pyrrole nitrogens is 1. The maximum atomic E-state index is 12.4. The Morgan fingerprint density at radius 2 is 1.80 bits per heavy atom. The van der Waals surface area contributed by atoms with E-state index in [1.165, 1.54) is 0 Å². The van der Waals surface area contributed by atoms with Gasteiger partial charge < -0.3 is 19.8 Å². The molecule has 0 aliphatic rings. The van der Waals surface area contributed by atoms with Gasteiger partial charge >= 0.3 is 0 Å². The van der Waals surface area contributed by atoms with Crippen molar-refractivity contribution in [1.29, 1.82) is 0 Å². The molecule has 5 heteroatoms. The molecule has 0 atom stereocenters. The van der Waals surface area contributed by atoms with Crippen molar-refractivity contribution in [2.45, 2.75) is 13.0 Å². The Balaban J connectivity index is 1.36. The van der Waals surface area contributed by atoms with Crippen LogP contribution in [-0.4, -0.2) is 24.5 Å². The van der Waals surface area contributed by atoms with Crippen molar-refractivity contribution < 1.29 is 14.3 Å². The number of ether oxygens (including phenoxy) is 2. The van der Waals surface area contributed by atoms with E-state index in [1.807, 2.05) is 60.8 Å². The minimum Gasteiger partial charge on any atom is -0.496 e. The Hall–Kier alpha value is -3.73. The zero-order valence-corrected chi connectivity index (χ0v) is 16.9. The highest BCUT2D eigenvalue weighted by molar-refractivity contribution is 5.97. The molecule has 5 nitrogen and oxygen atoms in total. The molecule has 1 aromatic heterocycles. The average molecular weight is 400 g/mol. The zero-order chi connectivity index (χ0) is 20.8. The number of aromatic nitrogens is 1. The van der Waals surface area contributed by atoms with Gasteiger partial charge in [0.1, 0.15) is 18.1 Å². The zero-order valence-electron chi connectivity index (χ0n) is 16.9. The molecule has 0 radical (unpaired) electrons. The molecule has 1 heterocycles. The van der Waals surface area contributed by atoms with Gasteiger partial charge in [-0.05, 0) is 41.8 Å². The van der Waals surface area contributed by atoms with Crippen LogP contribution in [0, 0.1) is 0 Å². The van der Waals surface area contributed by atoms with Gasteiger partial charge in [-0.2, -0.15) is 0 Å². The van der Waals surface area contributed by atoms with Crippen LogP contribution in [0.1, 0.15) is 21.5 Å². The van der Waals surface area contributed by atoms with Crippen LogP contribution in [0.4, 0.5) is 0 Å². The van der Waals surface area contributed by atoms with Crippen LogP contribution in [0.2, 0.25) is 0 Å². The SMILES string of the molecule is COc1ccccc1C(=O)NCCc1c[nH]c2cc(OCc3ccccc3)ccc12. The lowest BCUT2D eigenvalue weighted by Crippen LogP contribution is -2.26. The number of rotatable bonds is 8. The van der Waals surface area contributed by atoms with Crippen molar-refractivity contribution >= 4 is 16.8 Å². The summed E-state index contributed by atoms with van der Waals surface area (Å²) in [4.78, 5) is 15.7. The molecule has 0 unspecified atom stereocenters. The van der Waals surface area contributed by atoms with Crippen LogP contribution in [-0.2, 0) is 13.0 Å². The van der Waals surface area contributed by atoms with Crippen LogP contribution < -0.4 is 14.8 Å². The van der Waals surface area contributed by atoms with Crippen LogP contribution in [0.25, 0.3) is 10.9 Å². The van der Waals surface area contributed by atoms with Gasteiger partial charge in [0.15, 0.2) is 0 Å². The molecule has 3 aromatic carbocycles. The summed E-state index contributed by atoms with van der Waals surface area (Å²) < 4.78 is 11.2. The molecule has 0 fully saturated rings. The molecule has 0 aliphatic heterocycles. The first-order valence-corrected chi connectivity index (χ1v) is 9.92. The van der Waals surface area contributed by atoms with E-state index < -0.39 is 0 Å². The van der Waals surface area contributed by atoms with Crippen LogP contribution >= 0.6 is 0 Å². The number of nitrogens with one attached hydrogen (secondary N) is 2. The van der Waals surface area contributed by atoms with Crippen molar-refractivity contribution in [3.05, 3.63) is 95.7 Å². The summed E-state index contributed by atoms with van der Waals surface area (Å²) in [5, 5.41) is 4.10. The molecule has 0 aliphatic carbocycles. The van der Waals surface area contributed by atoms with Gasteiger partial charge in [-0.25, -0.2) is 0 Å². The minimum absolute atomic E-state index is 0.135. The van der Waals surface area contributed by atoms with E-state index in [-0.39, 0.29) is 5.91 Å². The van der Waals surface area contributed by atoms with Gasteiger partial charge in [-0.1, -0.05) is 42.5 Å². The van der Waals surface area contributed by atoms with Gasteiger partial charge in [0, 0.05) is 29.7 Å². The summed E-state index contributed by atoms with van der Waals surface area (Å²) in [6, 6.07) is 23.4. The fourth-order valence-corrected chi connectivity index (χ4v) is 3.44. The predicted octanol–water partition coefficient (Wildman–Crippen LogP) is 4.73. The quantitative estimate of drug-likeness (QED) is 0.450. The highest BCUT2D eigenvalue weighted by Gasteiger charge is 2.11. The lowest BCUT2D eigenvalue weighted by molar-refractivity contribution is 0.0951. The highest BCUT2D eigenvalue weighted by Crippen LogP contribution is 2.24. The largest absolute Gasteiger partial charge is 0.496 e. The second kappa shape index (κ2) is 9.18. The molecular weight excluding hydrogens is 376 g/mol. The smallest absolute Gasteiger partial charge is 0.255 e. The number of hydrogen-bond acceptors (Lipinski definition) is 3. The summed E-state index contributed by atoms with van der Waals surface area (Å²) in [7, 11) is 1.57. The monoisotopic (exact) mass is 400 g/mol. The van der Waals surface area contributed by atoms with Crippen LogP contribution in [0.15, 0.2) is 79.0 Å². The predicted molar refractivity (Wildman–Crippen MR) is 118 cm³/mol. The third-order valence-corrected chi connectivity index (χ3v) is 5.02. The number of para-hydroxylation sites is 1. The maximum absolute atomic E-state index is 12.4. The summed E-state index contributed by atoms with van der Waals surface area (Å²) in [5.74, 6) is 1.26. The Morgan fingerprint density at radius 1 is 1.00 bits per heavy atom. The first-order valence-electron chi connectivity index (χ1n) is 9.92. The van der Waals surface area contributed by atoms with E-state index in [0.29, 0.717) is 24.5 Å². The Bertz CT molecular complexity index is 1140. The van der Waals surface area contributed by atoms with E-state index in [2.05, 4.69) is 16.4 Å². The van der Waals surface area contributed by atoms with Gasteiger partial charge in [0.25, 0.3) is 5.91 Å². The number of carbonyl (C=O) groups is 1. The average Bonchev–Trinajstić information content (AvgIpc) is 3.20. The number of hydrogen-bond donors (Lipinski definition) is 2. The summed E-state index contributed by atoms with van der Waals surface area (Å²) in [6.07, 6.45) is 2.71. The van der Waals surface area contributed by atoms with Crippen LogP contribution in [0.5, 0.6) is 11.5 Å². The lowest BCUT2D eigenvalue weighted by Gasteiger charge is -2.09. The lowest BCUT2D eigenvalue weighted by atomic mass is 10.1. The molecular formula is C25H24N2O3. The van der Waals surface area contributed by atoms with Gasteiger partial charge in [0.05, 0.1) is 12.7 Å². The van der Waals surface area contributed by atoms with Crippen molar-refractivity contribution in [3.8, 4) is 11.5 Å². The maximum Gasteiger partial charge on any atom is 0.255 e. The number of amides is 1. The Morgan fingerprint density at radius 3 is 2.63 bits per heavy atom. The highest BCUT2D eigenvalue weighted by atomic mass is 16.5. The van der Waals surface area contributed by atoms with E-state index >= 15 is 0 Å². The molecule has 0 saturated carbocycles. The molecule has 0 saturated heterocycles. The number of aromatic amines is 1. The molecule has 2 N–H and O–H groups in total. The second-order valence-corrected chi connectivity index (χ2v) is 7.00. The van der Waals surface area contributed by atoms with Gasteiger partial charge in [-0.15, -0.1) is 0 Å². The normalized spacial score (nSPS) is 10.7. The van der Waals surface area contributed by atoms with E-state index in [0.717, 1.165) is 34.2 Å². The molecule has 0 spiro atoms. The number of carbonyl (C=O) groups excluding carboxylic acids is 1. The Kier molecular flexibility index (Phi) is 5.99. The van der Waals surface area contributed by atoms with Crippen LogP contribution in [0.3, 0.4) is 0 Å². The third kappa shape index (κ3) is 4.46. The first-order chi connectivity index (χ1) is 14.7. The van der Waals surface area contributed by atoms with Crippen molar-refractivity contribution in [3.63, 3.8) is 0 Å². The van der Waals surface area contributed by atoms with Gasteiger partial charge in [-0.3, -0.25) is 4.79 Å². The number of methoxy groups -OCH3 is 1. The second-order valence-electron chi connectivity index (χ2n) is 7.00. The van der Waals surface area contributed by atoms with E-state index in [9.17, 15) is 4.79 Å². The molecule has 4 aromatic rings. The fraction of sp³-hybridized carbons (Fsp3) is 0.160. The number of fused-ring (bicyclic) bond motifs is 1. The summed E-state index contributed by atoms with van der Waals surface area (Å²) >= 11 is 0. The third-order valence-electron chi connectivity index (χ3n) is 5.02. The van der Waals surface area contributed by atoms with Crippen molar-refractivity contribution in [2.75, 3.05) is 13.7 Å². The molecule has 0 bridgehead atoms. The number of benzene rings is 3. The Labute approximate surface area is 175 Å². The molecule has 4 rings (SSSR count). The topological polar surface area (TPSA) is 63.3 Å². The van der Waals surface area contributed by atoms with E-state index in [1.54, 1.807) is 19.2 Å². The fourth-order valence-electron chi connectivity index (χ4n) is 3.44. The molecule has 152 valence electrons. The van der Waals surface area contributed by atoms with Crippen molar-refractivity contribution in [2.24, 2.45) is 0 Å².